The first-order chi connectivity index (χ1) is 14.6. The predicted octanol–water partition coefficient (Wildman–Crippen LogP) is 3.32. The fraction of sp³-hybridized carbons (Fsp3) is 0.273. The molecule has 156 valence electrons. The molecule has 30 heavy (non-hydrogen) atoms. The van der Waals surface area contributed by atoms with Crippen molar-refractivity contribution in [2.75, 3.05) is 23.8 Å². The number of thioether (sulfide) groups is 1. The van der Waals surface area contributed by atoms with Gasteiger partial charge >= 0.3 is 5.97 Å². The number of aryl methyl sites for hydroxylation is 1. The van der Waals surface area contributed by atoms with Crippen molar-refractivity contribution in [2.45, 2.75) is 25.5 Å². The van der Waals surface area contributed by atoms with E-state index in [1.165, 1.54) is 16.7 Å². The Morgan fingerprint density at radius 3 is 2.37 bits per heavy atom. The zero-order valence-electron chi connectivity index (χ0n) is 17.0. The van der Waals surface area contributed by atoms with Crippen LogP contribution in [0.5, 0.6) is 0 Å². The zero-order chi connectivity index (χ0) is 21.3. The van der Waals surface area contributed by atoms with Gasteiger partial charge in [0.15, 0.2) is 5.16 Å². The molecule has 3 rings (SSSR count). The third-order valence-electron chi connectivity index (χ3n) is 4.37. The molecule has 0 aliphatic heterocycles. The van der Waals surface area contributed by atoms with Gasteiger partial charge in [-0.3, -0.25) is 9.59 Å². The molecule has 8 heteroatoms. The fourth-order valence-electron chi connectivity index (χ4n) is 2.89. The number of esters is 1. The number of nitrogens with zero attached hydrogens (tertiary/aromatic N) is 4. The number of benzene rings is 2. The summed E-state index contributed by atoms with van der Waals surface area (Å²) in [5.74, 6) is 0.260. The maximum Gasteiger partial charge on any atom is 0.326 e. The summed E-state index contributed by atoms with van der Waals surface area (Å²) in [6, 6.07) is 19.1. The van der Waals surface area contributed by atoms with Crippen molar-refractivity contribution in [3.63, 3.8) is 0 Å². The topological polar surface area (TPSA) is 77.3 Å². The van der Waals surface area contributed by atoms with E-state index in [1.54, 1.807) is 19.1 Å². The molecule has 2 aromatic carbocycles. The maximum absolute atomic E-state index is 13.0. The molecule has 0 spiro atoms. The van der Waals surface area contributed by atoms with Crippen LogP contribution < -0.4 is 4.90 Å². The minimum absolute atomic E-state index is 0.126. The number of hydrogen-bond acceptors (Lipinski definition) is 6. The molecule has 0 atom stereocenters. The number of aromatic nitrogens is 3. The van der Waals surface area contributed by atoms with Gasteiger partial charge in [-0.1, -0.05) is 60.3 Å². The molecule has 0 aliphatic rings. The number of para-hydroxylation sites is 1. The molecule has 0 bridgehead atoms. The number of rotatable bonds is 9. The molecule has 0 aliphatic carbocycles. The van der Waals surface area contributed by atoms with Crippen molar-refractivity contribution >= 4 is 29.3 Å². The standard InChI is InChI=1S/C22H24N4O3S/c1-3-29-21(28)15-26(19-12-8-5-9-13-19)20(27)16-30-22-24-23-17(2)25(22)14-18-10-6-4-7-11-18/h4-13H,3,14-16H2,1-2H3. The van der Waals surface area contributed by atoms with Crippen molar-refractivity contribution in [3.8, 4) is 0 Å². The van der Waals surface area contributed by atoms with Gasteiger partial charge in [0.05, 0.1) is 18.9 Å². The number of carbonyl (C=O) groups excluding carboxylic acids is 2. The highest BCUT2D eigenvalue weighted by molar-refractivity contribution is 7.99. The van der Waals surface area contributed by atoms with E-state index in [9.17, 15) is 9.59 Å². The van der Waals surface area contributed by atoms with Gasteiger partial charge in [-0.15, -0.1) is 10.2 Å². The summed E-state index contributed by atoms with van der Waals surface area (Å²) >= 11 is 1.30. The monoisotopic (exact) mass is 424 g/mol. The van der Waals surface area contributed by atoms with Gasteiger partial charge < -0.3 is 14.2 Å². The normalized spacial score (nSPS) is 10.6. The third-order valence-corrected chi connectivity index (χ3v) is 5.32. The Morgan fingerprint density at radius 2 is 1.70 bits per heavy atom. The summed E-state index contributed by atoms with van der Waals surface area (Å²) < 4.78 is 7.01. The van der Waals surface area contributed by atoms with Crippen LogP contribution in [0.2, 0.25) is 0 Å². The van der Waals surface area contributed by atoms with Crippen LogP contribution in [-0.4, -0.2) is 45.5 Å². The maximum atomic E-state index is 13.0. The summed E-state index contributed by atoms with van der Waals surface area (Å²) in [6.45, 7) is 4.39. The molecule has 0 radical (unpaired) electrons. The molecule has 0 saturated carbocycles. The molecular weight excluding hydrogens is 400 g/mol. The summed E-state index contributed by atoms with van der Waals surface area (Å²) in [5.41, 5.74) is 1.78. The minimum atomic E-state index is -0.442. The second-order valence-corrected chi connectivity index (χ2v) is 7.45. The van der Waals surface area contributed by atoms with Gasteiger partial charge in [0.2, 0.25) is 5.91 Å². The van der Waals surface area contributed by atoms with Crippen LogP contribution in [0.15, 0.2) is 65.8 Å². The SMILES string of the molecule is CCOC(=O)CN(C(=O)CSc1nnc(C)n1Cc1ccccc1)c1ccccc1. The number of ether oxygens (including phenoxy) is 1. The van der Waals surface area contributed by atoms with Crippen LogP contribution in [0.25, 0.3) is 0 Å². The van der Waals surface area contributed by atoms with Crippen molar-refractivity contribution in [1.82, 2.24) is 14.8 Å². The number of amides is 1. The van der Waals surface area contributed by atoms with E-state index in [2.05, 4.69) is 10.2 Å². The predicted molar refractivity (Wildman–Crippen MR) is 116 cm³/mol. The van der Waals surface area contributed by atoms with E-state index in [-0.39, 0.29) is 24.8 Å². The first-order valence-corrected chi connectivity index (χ1v) is 10.6. The van der Waals surface area contributed by atoms with Crippen LogP contribution in [0.1, 0.15) is 18.3 Å². The number of anilines is 1. The first kappa shape index (κ1) is 21.6. The highest BCUT2D eigenvalue weighted by Gasteiger charge is 2.21. The lowest BCUT2D eigenvalue weighted by Gasteiger charge is -2.21. The van der Waals surface area contributed by atoms with E-state index in [4.69, 9.17) is 4.74 Å². The van der Waals surface area contributed by atoms with Gasteiger partial charge in [-0.2, -0.15) is 0 Å². The second kappa shape index (κ2) is 10.6. The fourth-order valence-corrected chi connectivity index (χ4v) is 3.75. The second-order valence-electron chi connectivity index (χ2n) is 6.51. The lowest BCUT2D eigenvalue weighted by Crippen LogP contribution is -2.37. The Hall–Kier alpha value is -3.13. The Bertz CT molecular complexity index is 977. The van der Waals surface area contributed by atoms with E-state index in [0.717, 1.165) is 11.4 Å². The van der Waals surface area contributed by atoms with Crippen molar-refractivity contribution in [1.29, 1.82) is 0 Å². The van der Waals surface area contributed by atoms with E-state index >= 15 is 0 Å². The van der Waals surface area contributed by atoms with Gasteiger partial charge in [0, 0.05) is 5.69 Å². The Labute approximate surface area is 180 Å². The van der Waals surface area contributed by atoms with Crippen LogP contribution >= 0.6 is 11.8 Å². The molecule has 1 aromatic heterocycles. The number of carbonyl (C=O) groups is 2. The van der Waals surface area contributed by atoms with Crippen LogP contribution in [0.3, 0.4) is 0 Å². The van der Waals surface area contributed by atoms with Crippen molar-refractivity contribution < 1.29 is 14.3 Å². The average molecular weight is 425 g/mol. The highest BCUT2D eigenvalue weighted by Crippen LogP contribution is 2.21. The van der Waals surface area contributed by atoms with Crippen molar-refractivity contribution in [2.24, 2.45) is 0 Å². The highest BCUT2D eigenvalue weighted by atomic mass is 32.2. The minimum Gasteiger partial charge on any atom is -0.465 e. The Balaban J connectivity index is 1.72. The summed E-state index contributed by atoms with van der Waals surface area (Å²) in [7, 11) is 0. The molecule has 3 aromatic rings. The van der Waals surface area contributed by atoms with E-state index in [1.807, 2.05) is 60.0 Å². The quantitative estimate of drug-likeness (QED) is 0.387. The van der Waals surface area contributed by atoms with Gasteiger partial charge in [0.25, 0.3) is 0 Å². The zero-order valence-corrected chi connectivity index (χ0v) is 17.8. The molecule has 1 amide bonds. The number of hydrogen-bond donors (Lipinski definition) is 0. The Kier molecular flexibility index (Phi) is 7.62. The smallest absolute Gasteiger partial charge is 0.326 e. The van der Waals surface area contributed by atoms with Gasteiger partial charge in [-0.25, -0.2) is 0 Å². The molecule has 7 nitrogen and oxygen atoms in total. The Morgan fingerprint density at radius 1 is 1.03 bits per heavy atom. The average Bonchev–Trinajstić information content (AvgIpc) is 3.11. The van der Waals surface area contributed by atoms with Gasteiger partial charge in [-0.05, 0) is 31.5 Å². The van der Waals surface area contributed by atoms with Crippen molar-refractivity contribution in [3.05, 3.63) is 72.1 Å². The molecule has 1 heterocycles. The summed E-state index contributed by atoms with van der Waals surface area (Å²) in [6.07, 6.45) is 0. The molecule has 0 N–H and O–H groups in total. The molecule has 0 fully saturated rings. The van der Waals surface area contributed by atoms with E-state index < -0.39 is 5.97 Å². The first-order valence-electron chi connectivity index (χ1n) is 9.66. The lowest BCUT2D eigenvalue weighted by atomic mass is 10.2. The van der Waals surface area contributed by atoms with Crippen LogP contribution in [-0.2, 0) is 20.9 Å². The third kappa shape index (κ3) is 5.70. The summed E-state index contributed by atoms with van der Waals surface area (Å²) in [4.78, 5) is 26.4. The molecule has 0 unspecified atom stereocenters. The van der Waals surface area contributed by atoms with Gasteiger partial charge in [0.1, 0.15) is 12.4 Å². The van der Waals surface area contributed by atoms with Crippen LogP contribution in [0.4, 0.5) is 5.69 Å². The lowest BCUT2D eigenvalue weighted by molar-refractivity contribution is -0.142. The van der Waals surface area contributed by atoms with E-state index in [0.29, 0.717) is 17.4 Å². The molecular formula is C22H24N4O3S. The largest absolute Gasteiger partial charge is 0.465 e. The molecule has 0 saturated heterocycles. The van der Waals surface area contributed by atoms with Crippen LogP contribution in [0, 0.1) is 6.92 Å². The summed E-state index contributed by atoms with van der Waals surface area (Å²) in [5, 5.41) is 9.04.